The van der Waals surface area contributed by atoms with Crippen LogP contribution in [0.1, 0.15) is 31.0 Å². The molecular formula is C12H17F3N2S. The summed E-state index contributed by atoms with van der Waals surface area (Å²) in [6, 6.07) is 0. The van der Waals surface area contributed by atoms with Crippen LogP contribution in [-0.4, -0.2) is 23.0 Å². The molecule has 2 atom stereocenters. The fraction of sp³-hybridized carbons (Fsp3) is 0.750. The normalized spacial score (nSPS) is 26.5. The number of aromatic nitrogens is 1. The number of halogens is 3. The molecule has 0 amide bonds. The number of hydrogen-bond acceptors (Lipinski definition) is 3. The van der Waals surface area contributed by atoms with Crippen molar-refractivity contribution in [3.8, 4) is 0 Å². The van der Waals surface area contributed by atoms with E-state index in [9.17, 15) is 13.2 Å². The molecule has 0 aliphatic carbocycles. The highest BCUT2D eigenvalue weighted by Crippen LogP contribution is 2.31. The third kappa shape index (κ3) is 3.45. The first-order chi connectivity index (χ1) is 8.34. The quantitative estimate of drug-likeness (QED) is 0.821. The van der Waals surface area contributed by atoms with E-state index < -0.39 is 11.9 Å². The van der Waals surface area contributed by atoms with E-state index in [2.05, 4.69) is 23.7 Å². The van der Waals surface area contributed by atoms with Gasteiger partial charge in [0.05, 0.1) is 6.54 Å². The zero-order chi connectivity index (χ0) is 13.3. The molecule has 102 valence electrons. The molecule has 0 aromatic carbocycles. The highest BCUT2D eigenvalue weighted by molar-refractivity contribution is 7.09. The molecule has 2 nitrogen and oxygen atoms in total. The Morgan fingerprint density at radius 1 is 1.33 bits per heavy atom. The lowest BCUT2D eigenvalue weighted by molar-refractivity contribution is -0.140. The molecular weight excluding hydrogens is 261 g/mol. The van der Waals surface area contributed by atoms with Gasteiger partial charge in [-0.05, 0) is 18.3 Å². The van der Waals surface area contributed by atoms with Gasteiger partial charge in [0.2, 0.25) is 0 Å². The number of thiazole rings is 1. The Balaban J connectivity index is 1.99. The fourth-order valence-corrected chi connectivity index (χ4v) is 3.47. The maximum absolute atomic E-state index is 12.4. The zero-order valence-electron chi connectivity index (χ0n) is 10.5. The first-order valence-electron chi connectivity index (χ1n) is 6.08. The van der Waals surface area contributed by atoms with Gasteiger partial charge in [-0.2, -0.15) is 13.2 Å². The highest BCUT2D eigenvalue weighted by Gasteiger charge is 2.34. The lowest BCUT2D eigenvalue weighted by Gasteiger charge is -2.34. The third-order valence-electron chi connectivity index (χ3n) is 3.15. The molecule has 0 N–H and O–H groups in total. The standard InChI is InChI=1S/C12H17F3N2S/c1-8-3-9(2)5-17(4-8)6-11-16-10(7-18-11)12(13,14)15/h7-9H,3-6H2,1-2H3. The number of likely N-dealkylation sites (tertiary alicyclic amines) is 1. The summed E-state index contributed by atoms with van der Waals surface area (Å²) in [7, 11) is 0. The van der Waals surface area contributed by atoms with Crippen molar-refractivity contribution in [1.29, 1.82) is 0 Å². The van der Waals surface area contributed by atoms with Crippen LogP contribution in [0.5, 0.6) is 0 Å². The molecule has 2 rings (SSSR count). The second kappa shape index (κ2) is 5.17. The van der Waals surface area contributed by atoms with Crippen LogP contribution in [0, 0.1) is 11.8 Å². The predicted molar refractivity (Wildman–Crippen MR) is 65.3 cm³/mol. The minimum absolute atomic E-state index is 0.537. The van der Waals surface area contributed by atoms with E-state index >= 15 is 0 Å². The number of hydrogen-bond donors (Lipinski definition) is 0. The van der Waals surface area contributed by atoms with Crippen LogP contribution in [0.4, 0.5) is 13.2 Å². The van der Waals surface area contributed by atoms with Gasteiger partial charge in [0.25, 0.3) is 0 Å². The van der Waals surface area contributed by atoms with E-state index in [0.29, 0.717) is 23.4 Å². The minimum Gasteiger partial charge on any atom is -0.296 e. The molecule has 2 heterocycles. The van der Waals surface area contributed by atoms with Crippen molar-refractivity contribution in [3.05, 3.63) is 16.1 Å². The maximum atomic E-state index is 12.4. The highest BCUT2D eigenvalue weighted by atomic mass is 32.1. The van der Waals surface area contributed by atoms with Crippen molar-refractivity contribution in [2.75, 3.05) is 13.1 Å². The first-order valence-corrected chi connectivity index (χ1v) is 6.96. The number of piperidine rings is 1. The van der Waals surface area contributed by atoms with Gasteiger partial charge in [0, 0.05) is 18.5 Å². The van der Waals surface area contributed by atoms with Gasteiger partial charge in [-0.1, -0.05) is 13.8 Å². The molecule has 1 saturated heterocycles. The van der Waals surface area contributed by atoms with Gasteiger partial charge >= 0.3 is 6.18 Å². The van der Waals surface area contributed by atoms with Crippen molar-refractivity contribution in [3.63, 3.8) is 0 Å². The van der Waals surface area contributed by atoms with Gasteiger partial charge in [-0.25, -0.2) is 4.98 Å². The Hall–Kier alpha value is -0.620. The monoisotopic (exact) mass is 278 g/mol. The van der Waals surface area contributed by atoms with Crippen LogP contribution in [-0.2, 0) is 12.7 Å². The molecule has 0 saturated carbocycles. The Kier molecular flexibility index (Phi) is 3.96. The molecule has 1 aliphatic rings. The minimum atomic E-state index is -4.32. The predicted octanol–water partition coefficient (Wildman–Crippen LogP) is 3.64. The van der Waals surface area contributed by atoms with Gasteiger partial charge in [0.1, 0.15) is 5.01 Å². The fourth-order valence-electron chi connectivity index (χ4n) is 2.63. The van der Waals surface area contributed by atoms with E-state index in [1.165, 1.54) is 6.42 Å². The van der Waals surface area contributed by atoms with Crippen LogP contribution in [0.15, 0.2) is 5.38 Å². The number of alkyl halides is 3. The molecule has 18 heavy (non-hydrogen) atoms. The summed E-state index contributed by atoms with van der Waals surface area (Å²) < 4.78 is 37.3. The number of rotatable bonds is 2. The summed E-state index contributed by atoms with van der Waals surface area (Å²) in [5, 5.41) is 1.66. The second-order valence-corrected chi connectivity index (χ2v) is 6.21. The first kappa shape index (κ1) is 13.8. The molecule has 0 bridgehead atoms. The van der Waals surface area contributed by atoms with Gasteiger partial charge in [-0.3, -0.25) is 4.90 Å². The zero-order valence-corrected chi connectivity index (χ0v) is 11.3. The third-order valence-corrected chi connectivity index (χ3v) is 3.98. The van der Waals surface area contributed by atoms with Crippen molar-refractivity contribution < 1.29 is 13.2 Å². The SMILES string of the molecule is CC1CC(C)CN(Cc2nc(C(F)(F)F)cs2)C1. The average molecular weight is 278 g/mol. The van der Waals surface area contributed by atoms with Crippen molar-refractivity contribution in [1.82, 2.24) is 9.88 Å². The van der Waals surface area contributed by atoms with Gasteiger partial charge in [-0.15, -0.1) is 11.3 Å². The largest absolute Gasteiger partial charge is 0.434 e. The molecule has 2 unspecified atom stereocenters. The van der Waals surface area contributed by atoms with E-state index in [1.54, 1.807) is 0 Å². The maximum Gasteiger partial charge on any atom is 0.434 e. The molecule has 0 spiro atoms. The Bertz CT molecular complexity index is 392. The lowest BCUT2D eigenvalue weighted by Crippen LogP contribution is -2.38. The van der Waals surface area contributed by atoms with Gasteiger partial charge < -0.3 is 0 Å². The van der Waals surface area contributed by atoms with Crippen LogP contribution in [0.25, 0.3) is 0 Å². The van der Waals surface area contributed by atoms with Crippen molar-refractivity contribution >= 4 is 11.3 Å². The van der Waals surface area contributed by atoms with Crippen molar-refractivity contribution in [2.24, 2.45) is 11.8 Å². The Morgan fingerprint density at radius 2 is 1.94 bits per heavy atom. The van der Waals surface area contributed by atoms with E-state index in [-0.39, 0.29) is 0 Å². The molecule has 1 aliphatic heterocycles. The van der Waals surface area contributed by atoms with Crippen LogP contribution < -0.4 is 0 Å². The van der Waals surface area contributed by atoms with Crippen LogP contribution >= 0.6 is 11.3 Å². The molecule has 1 aromatic heterocycles. The topological polar surface area (TPSA) is 16.1 Å². The summed E-state index contributed by atoms with van der Waals surface area (Å²) in [5.74, 6) is 1.21. The average Bonchev–Trinajstić information content (AvgIpc) is 2.63. The van der Waals surface area contributed by atoms with Crippen LogP contribution in [0.2, 0.25) is 0 Å². The van der Waals surface area contributed by atoms with Gasteiger partial charge in [0.15, 0.2) is 5.69 Å². The second-order valence-electron chi connectivity index (χ2n) is 5.26. The summed E-state index contributed by atoms with van der Waals surface area (Å²) in [5.41, 5.74) is -0.763. The summed E-state index contributed by atoms with van der Waals surface area (Å²) in [6.45, 7) is 6.81. The molecule has 6 heteroatoms. The summed E-state index contributed by atoms with van der Waals surface area (Å²) in [6.07, 6.45) is -3.13. The van der Waals surface area contributed by atoms with E-state index in [4.69, 9.17) is 0 Å². The molecule has 0 radical (unpaired) electrons. The Labute approximate surface area is 109 Å². The molecule has 1 fully saturated rings. The summed E-state index contributed by atoms with van der Waals surface area (Å²) in [4.78, 5) is 5.88. The molecule has 1 aromatic rings. The lowest BCUT2D eigenvalue weighted by atomic mass is 9.92. The Morgan fingerprint density at radius 3 is 2.44 bits per heavy atom. The van der Waals surface area contributed by atoms with E-state index in [0.717, 1.165) is 29.8 Å². The van der Waals surface area contributed by atoms with Crippen molar-refractivity contribution in [2.45, 2.75) is 33.0 Å². The van der Waals surface area contributed by atoms with E-state index in [1.807, 2.05) is 0 Å². The summed E-state index contributed by atoms with van der Waals surface area (Å²) >= 11 is 1.10. The number of nitrogens with zero attached hydrogens (tertiary/aromatic N) is 2. The smallest absolute Gasteiger partial charge is 0.296 e. The van der Waals surface area contributed by atoms with Crippen LogP contribution in [0.3, 0.4) is 0 Å².